The molecule has 88 valence electrons. The molecule has 15 heavy (non-hydrogen) atoms. The van der Waals surface area contributed by atoms with Gasteiger partial charge in [-0.25, -0.2) is 0 Å². The van der Waals surface area contributed by atoms with Gasteiger partial charge in [0.2, 0.25) is 0 Å². The van der Waals surface area contributed by atoms with Crippen LogP contribution >= 0.6 is 0 Å². The van der Waals surface area contributed by atoms with Gasteiger partial charge in [0.25, 0.3) is 0 Å². The first kappa shape index (κ1) is 12.3. The predicted octanol–water partition coefficient (Wildman–Crippen LogP) is 1.54. The minimum atomic E-state index is 0.261. The molecule has 0 aromatic rings. The first-order valence-corrected chi connectivity index (χ1v) is 5.93. The smallest absolute Gasteiger partial charge is 0.153 e. The zero-order valence-electron chi connectivity index (χ0n) is 9.58. The lowest BCUT2D eigenvalue weighted by atomic mass is 9.81. The van der Waals surface area contributed by atoms with Crippen LogP contribution in [-0.4, -0.2) is 24.1 Å². The number of hydrogen-bond donors (Lipinski definition) is 3. The Balaban J connectivity index is 2.08. The Morgan fingerprint density at radius 3 is 2.47 bits per heavy atom. The topological polar surface area (TPSA) is 70.6 Å². The van der Waals surface area contributed by atoms with Gasteiger partial charge in [-0.1, -0.05) is 31.3 Å². The highest BCUT2D eigenvalue weighted by atomic mass is 16.4. The predicted molar refractivity (Wildman–Crippen MR) is 62.0 cm³/mol. The Morgan fingerprint density at radius 2 is 1.93 bits per heavy atom. The molecule has 1 aliphatic rings. The molecule has 4 heteroatoms. The maximum Gasteiger partial charge on any atom is 0.153 e. The van der Waals surface area contributed by atoms with Crippen LogP contribution in [0.5, 0.6) is 0 Å². The van der Waals surface area contributed by atoms with Crippen molar-refractivity contribution < 1.29 is 5.21 Å². The third-order valence-electron chi connectivity index (χ3n) is 3.41. The molecule has 0 saturated heterocycles. The molecule has 4 nitrogen and oxygen atoms in total. The van der Waals surface area contributed by atoms with Crippen molar-refractivity contribution in [2.75, 3.05) is 13.1 Å². The van der Waals surface area contributed by atoms with E-state index < -0.39 is 0 Å². The van der Waals surface area contributed by atoms with Crippen molar-refractivity contribution in [1.29, 1.82) is 0 Å². The van der Waals surface area contributed by atoms with Gasteiger partial charge in [0.15, 0.2) is 5.84 Å². The van der Waals surface area contributed by atoms with E-state index in [0.717, 1.165) is 18.4 Å². The van der Waals surface area contributed by atoms with Crippen molar-refractivity contribution in [3.05, 3.63) is 0 Å². The van der Waals surface area contributed by atoms with Gasteiger partial charge < -0.3 is 16.3 Å². The van der Waals surface area contributed by atoms with Crippen LogP contribution in [0.4, 0.5) is 0 Å². The fraction of sp³-hybridized carbons (Fsp3) is 0.909. The molecule has 0 heterocycles. The van der Waals surface area contributed by atoms with Crippen molar-refractivity contribution in [2.45, 2.75) is 39.0 Å². The quantitative estimate of drug-likeness (QED) is 0.281. The maximum absolute atomic E-state index is 8.36. The monoisotopic (exact) mass is 213 g/mol. The third-order valence-corrected chi connectivity index (χ3v) is 3.41. The minimum Gasteiger partial charge on any atom is -0.409 e. The van der Waals surface area contributed by atoms with Gasteiger partial charge in [0.1, 0.15) is 0 Å². The van der Waals surface area contributed by atoms with Crippen LogP contribution in [0.1, 0.15) is 39.0 Å². The highest BCUT2D eigenvalue weighted by molar-refractivity contribution is 5.81. The first-order chi connectivity index (χ1) is 7.26. The van der Waals surface area contributed by atoms with Crippen molar-refractivity contribution in [3.8, 4) is 0 Å². The molecule has 0 aromatic heterocycles. The number of rotatable bonds is 5. The molecule has 0 bridgehead atoms. The summed E-state index contributed by atoms with van der Waals surface area (Å²) in [5, 5.41) is 14.5. The molecule has 1 aliphatic carbocycles. The van der Waals surface area contributed by atoms with Crippen molar-refractivity contribution >= 4 is 5.84 Å². The van der Waals surface area contributed by atoms with Gasteiger partial charge in [-0.15, -0.1) is 0 Å². The SMILES string of the molecule is CCC1CCC(CNCC(N)=NO)CC1. The molecule has 4 N–H and O–H groups in total. The van der Waals surface area contributed by atoms with Crippen molar-refractivity contribution in [3.63, 3.8) is 0 Å². The second-order valence-corrected chi connectivity index (χ2v) is 4.52. The lowest BCUT2D eigenvalue weighted by Crippen LogP contribution is -2.33. The standard InChI is InChI=1S/C11H23N3O/c1-2-9-3-5-10(6-4-9)7-13-8-11(12)14-15/h9-10,13,15H,2-8H2,1H3,(H2,12,14). The number of hydrogen-bond acceptors (Lipinski definition) is 3. The highest BCUT2D eigenvalue weighted by Crippen LogP contribution is 2.29. The summed E-state index contributed by atoms with van der Waals surface area (Å²) in [5.74, 6) is 1.99. The number of nitrogens with one attached hydrogen (secondary N) is 1. The Morgan fingerprint density at radius 1 is 1.33 bits per heavy atom. The summed E-state index contributed by atoms with van der Waals surface area (Å²) in [5.41, 5.74) is 5.37. The average molecular weight is 213 g/mol. The summed E-state index contributed by atoms with van der Waals surface area (Å²) in [6, 6.07) is 0. The largest absolute Gasteiger partial charge is 0.409 e. The van der Waals surface area contributed by atoms with Gasteiger partial charge in [0, 0.05) is 0 Å². The Bertz CT molecular complexity index is 198. The second-order valence-electron chi connectivity index (χ2n) is 4.52. The molecule has 0 unspecified atom stereocenters. The van der Waals surface area contributed by atoms with Crippen LogP contribution in [0.3, 0.4) is 0 Å². The van der Waals surface area contributed by atoms with Crippen molar-refractivity contribution in [1.82, 2.24) is 5.32 Å². The molecule has 0 radical (unpaired) electrons. The summed E-state index contributed by atoms with van der Waals surface area (Å²) < 4.78 is 0. The van der Waals surface area contributed by atoms with E-state index in [1.807, 2.05) is 0 Å². The second kappa shape index (κ2) is 6.67. The van der Waals surface area contributed by atoms with Crippen LogP contribution < -0.4 is 11.1 Å². The third kappa shape index (κ3) is 4.51. The average Bonchev–Trinajstić information content (AvgIpc) is 2.29. The molecule has 0 atom stereocenters. The molecule has 0 amide bonds. The maximum atomic E-state index is 8.36. The Hall–Kier alpha value is -0.770. The van der Waals surface area contributed by atoms with Gasteiger partial charge in [-0.05, 0) is 31.2 Å². The summed E-state index contributed by atoms with van der Waals surface area (Å²) in [7, 11) is 0. The highest BCUT2D eigenvalue weighted by Gasteiger charge is 2.19. The summed E-state index contributed by atoms with van der Waals surface area (Å²) >= 11 is 0. The van der Waals surface area contributed by atoms with Crippen LogP contribution in [-0.2, 0) is 0 Å². The fourth-order valence-corrected chi connectivity index (χ4v) is 2.28. The number of oxime groups is 1. The van der Waals surface area contributed by atoms with E-state index in [2.05, 4.69) is 17.4 Å². The number of nitrogens with zero attached hydrogens (tertiary/aromatic N) is 1. The molecule has 0 aliphatic heterocycles. The molecule has 0 spiro atoms. The molecular formula is C11H23N3O. The summed E-state index contributed by atoms with van der Waals surface area (Å²) in [4.78, 5) is 0. The number of nitrogens with two attached hydrogens (primary N) is 1. The molecule has 0 aromatic carbocycles. The van der Waals surface area contributed by atoms with Gasteiger partial charge in [-0.2, -0.15) is 0 Å². The zero-order valence-corrected chi connectivity index (χ0v) is 9.58. The van der Waals surface area contributed by atoms with Crippen LogP contribution in [0, 0.1) is 11.8 Å². The van der Waals surface area contributed by atoms with Crippen LogP contribution in [0.25, 0.3) is 0 Å². The van der Waals surface area contributed by atoms with E-state index in [0.29, 0.717) is 6.54 Å². The van der Waals surface area contributed by atoms with Crippen LogP contribution in [0.2, 0.25) is 0 Å². The minimum absolute atomic E-state index is 0.261. The normalized spacial score (nSPS) is 27.9. The number of amidine groups is 1. The van der Waals surface area contributed by atoms with Crippen LogP contribution in [0.15, 0.2) is 5.16 Å². The van der Waals surface area contributed by atoms with Gasteiger partial charge >= 0.3 is 0 Å². The Labute approximate surface area is 91.9 Å². The molecular weight excluding hydrogens is 190 g/mol. The first-order valence-electron chi connectivity index (χ1n) is 5.93. The van der Waals surface area contributed by atoms with E-state index in [1.165, 1.54) is 32.1 Å². The van der Waals surface area contributed by atoms with E-state index in [4.69, 9.17) is 10.9 Å². The van der Waals surface area contributed by atoms with E-state index >= 15 is 0 Å². The van der Waals surface area contributed by atoms with E-state index in [1.54, 1.807) is 0 Å². The van der Waals surface area contributed by atoms with E-state index in [9.17, 15) is 0 Å². The summed E-state index contributed by atoms with van der Waals surface area (Å²) in [6.07, 6.45) is 6.70. The zero-order chi connectivity index (χ0) is 11.1. The Kier molecular flexibility index (Phi) is 5.47. The molecule has 1 rings (SSSR count). The molecule has 1 fully saturated rings. The van der Waals surface area contributed by atoms with Gasteiger partial charge in [0.05, 0.1) is 6.54 Å². The van der Waals surface area contributed by atoms with Gasteiger partial charge in [-0.3, -0.25) is 0 Å². The lowest BCUT2D eigenvalue weighted by Gasteiger charge is -2.27. The molecule has 1 saturated carbocycles. The lowest BCUT2D eigenvalue weighted by molar-refractivity contribution is 0.264. The fourth-order valence-electron chi connectivity index (χ4n) is 2.28. The van der Waals surface area contributed by atoms with E-state index in [-0.39, 0.29) is 5.84 Å². The van der Waals surface area contributed by atoms with Crippen molar-refractivity contribution in [2.24, 2.45) is 22.7 Å². The summed E-state index contributed by atoms with van der Waals surface area (Å²) in [6.45, 7) is 3.76.